The van der Waals surface area contributed by atoms with E-state index in [4.69, 9.17) is 11.6 Å². The van der Waals surface area contributed by atoms with Crippen LogP contribution in [0.3, 0.4) is 0 Å². The molecule has 2 unspecified atom stereocenters. The van der Waals surface area contributed by atoms with Gasteiger partial charge in [0.15, 0.2) is 0 Å². The monoisotopic (exact) mass is 390 g/mol. The van der Waals surface area contributed by atoms with Gasteiger partial charge < -0.3 is 10.2 Å². The zero-order valence-corrected chi connectivity index (χ0v) is 16.9. The van der Waals surface area contributed by atoms with Crippen LogP contribution >= 0.6 is 11.6 Å². The van der Waals surface area contributed by atoms with Crippen LogP contribution < -0.4 is 10.2 Å². The molecule has 0 aliphatic carbocycles. The number of hydrogen-bond donors (Lipinski definition) is 1. The summed E-state index contributed by atoms with van der Waals surface area (Å²) in [6.45, 7) is 4.13. The van der Waals surface area contributed by atoms with Gasteiger partial charge >= 0.3 is 0 Å². The fourth-order valence-corrected chi connectivity index (χ4v) is 4.28. The Balaban J connectivity index is 1.51. The summed E-state index contributed by atoms with van der Waals surface area (Å²) in [5, 5.41) is 4.41. The molecule has 3 heteroatoms. The van der Waals surface area contributed by atoms with Crippen LogP contribution in [0.4, 0.5) is 5.69 Å². The molecular formula is C25H27ClN2. The van der Waals surface area contributed by atoms with Crippen LogP contribution in [0.15, 0.2) is 84.9 Å². The summed E-state index contributed by atoms with van der Waals surface area (Å²) < 4.78 is 0. The number of benzene rings is 3. The highest BCUT2D eigenvalue weighted by Crippen LogP contribution is 2.27. The van der Waals surface area contributed by atoms with Crippen LogP contribution in [-0.4, -0.2) is 19.6 Å². The normalized spacial score (nSPS) is 18.9. The number of rotatable bonds is 7. The number of nitrogens with zero attached hydrogens (tertiary/aromatic N) is 1. The minimum absolute atomic E-state index is 0.625. The maximum absolute atomic E-state index is 6.13. The molecule has 1 fully saturated rings. The van der Waals surface area contributed by atoms with Crippen LogP contribution in [-0.2, 0) is 13.0 Å². The average Bonchev–Trinajstić information content (AvgIpc) is 3.16. The Bertz CT molecular complexity index is 849. The van der Waals surface area contributed by atoms with Gasteiger partial charge in [-0.2, -0.15) is 0 Å². The maximum Gasteiger partial charge on any atom is 0.0429 e. The molecule has 0 aromatic heterocycles. The van der Waals surface area contributed by atoms with E-state index in [2.05, 4.69) is 83.0 Å². The van der Waals surface area contributed by atoms with E-state index in [0.717, 1.165) is 37.6 Å². The summed E-state index contributed by atoms with van der Waals surface area (Å²) in [6, 6.07) is 29.8. The lowest BCUT2D eigenvalue weighted by Crippen LogP contribution is -2.33. The maximum atomic E-state index is 6.13. The Morgan fingerprint density at radius 3 is 2.04 bits per heavy atom. The highest BCUT2D eigenvalue weighted by atomic mass is 35.5. The third-order valence-corrected chi connectivity index (χ3v) is 5.94. The summed E-state index contributed by atoms with van der Waals surface area (Å²) in [6.07, 6.45) is 1.14. The first-order chi connectivity index (χ1) is 13.8. The molecule has 0 amide bonds. The Morgan fingerprint density at radius 2 is 1.36 bits per heavy atom. The molecule has 0 radical (unpaired) electrons. The Kier molecular flexibility index (Phi) is 6.31. The fraction of sp³-hybridized carbons (Fsp3) is 0.280. The summed E-state index contributed by atoms with van der Waals surface area (Å²) in [5.41, 5.74) is 4.00. The van der Waals surface area contributed by atoms with Crippen LogP contribution in [0.1, 0.15) is 11.1 Å². The number of nitrogens with one attached hydrogen (secondary N) is 1. The van der Waals surface area contributed by atoms with E-state index < -0.39 is 0 Å². The van der Waals surface area contributed by atoms with Crippen molar-refractivity contribution < 1.29 is 0 Å². The van der Waals surface area contributed by atoms with Gasteiger partial charge in [-0.05, 0) is 66.7 Å². The number of hydrogen-bond acceptors (Lipinski definition) is 2. The second-order valence-corrected chi connectivity index (χ2v) is 8.15. The van der Waals surface area contributed by atoms with E-state index in [-0.39, 0.29) is 0 Å². The van der Waals surface area contributed by atoms with E-state index in [1.807, 2.05) is 12.1 Å². The van der Waals surface area contributed by atoms with Crippen molar-refractivity contribution in [3.63, 3.8) is 0 Å². The van der Waals surface area contributed by atoms with E-state index in [9.17, 15) is 0 Å². The van der Waals surface area contributed by atoms with Gasteiger partial charge in [-0.15, -0.1) is 0 Å². The fourth-order valence-electron chi connectivity index (χ4n) is 4.16. The Morgan fingerprint density at radius 1 is 0.750 bits per heavy atom. The summed E-state index contributed by atoms with van der Waals surface area (Å²) in [4.78, 5) is 2.50. The topological polar surface area (TPSA) is 15.3 Å². The van der Waals surface area contributed by atoms with Crippen molar-refractivity contribution in [3.8, 4) is 0 Å². The SMILES string of the molecule is Clc1ccc(N(Cc2ccccc2)CC2CNCC2Cc2ccccc2)cc1. The molecule has 1 N–H and O–H groups in total. The van der Waals surface area contributed by atoms with E-state index >= 15 is 0 Å². The van der Waals surface area contributed by atoms with Gasteiger partial charge in [0.1, 0.15) is 0 Å². The van der Waals surface area contributed by atoms with Gasteiger partial charge in [-0.25, -0.2) is 0 Å². The second-order valence-electron chi connectivity index (χ2n) is 7.71. The van der Waals surface area contributed by atoms with Gasteiger partial charge in [-0.1, -0.05) is 72.3 Å². The second kappa shape index (κ2) is 9.27. The Hall–Kier alpha value is -2.29. The third-order valence-electron chi connectivity index (χ3n) is 5.68. The molecule has 4 rings (SSSR count). The zero-order chi connectivity index (χ0) is 19.2. The molecule has 2 atom stereocenters. The molecule has 28 heavy (non-hydrogen) atoms. The standard InChI is InChI=1S/C25H27ClN2/c26-24-11-13-25(14-12-24)28(18-21-9-5-2-6-10-21)19-23-17-27-16-22(23)15-20-7-3-1-4-8-20/h1-14,22-23,27H,15-19H2. The van der Waals surface area contributed by atoms with E-state index in [0.29, 0.717) is 11.8 Å². The van der Waals surface area contributed by atoms with E-state index in [1.165, 1.54) is 16.8 Å². The van der Waals surface area contributed by atoms with Crippen LogP contribution in [0.25, 0.3) is 0 Å². The van der Waals surface area contributed by atoms with Crippen molar-refractivity contribution >= 4 is 17.3 Å². The van der Waals surface area contributed by atoms with Crippen molar-refractivity contribution in [3.05, 3.63) is 101 Å². The highest BCUT2D eigenvalue weighted by molar-refractivity contribution is 6.30. The number of halogens is 1. The molecule has 1 aliphatic rings. The molecule has 3 aromatic rings. The van der Waals surface area contributed by atoms with Gasteiger partial charge in [0.05, 0.1) is 0 Å². The smallest absolute Gasteiger partial charge is 0.0429 e. The Labute approximate surface area is 173 Å². The van der Waals surface area contributed by atoms with E-state index in [1.54, 1.807) is 0 Å². The average molecular weight is 391 g/mol. The first kappa shape index (κ1) is 19.0. The molecule has 1 heterocycles. The zero-order valence-electron chi connectivity index (χ0n) is 16.1. The molecule has 144 valence electrons. The molecule has 3 aromatic carbocycles. The van der Waals surface area contributed by atoms with Gasteiger partial charge in [0, 0.05) is 23.8 Å². The van der Waals surface area contributed by atoms with Crippen molar-refractivity contribution in [2.75, 3.05) is 24.5 Å². The van der Waals surface area contributed by atoms with Crippen LogP contribution in [0, 0.1) is 11.8 Å². The van der Waals surface area contributed by atoms with Crippen LogP contribution in [0.2, 0.25) is 5.02 Å². The molecule has 1 saturated heterocycles. The molecule has 1 aliphatic heterocycles. The highest BCUT2D eigenvalue weighted by Gasteiger charge is 2.29. The van der Waals surface area contributed by atoms with Gasteiger partial charge in [0.2, 0.25) is 0 Å². The molecule has 0 spiro atoms. The molecular weight excluding hydrogens is 364 g/mol. The lowest BCUT2D eigenvalue weighted by molar-refractivity contribution is 0.413. The van der Waals surface area contributed by atoms with Crippen molar-refractivity contribution in [2.24, 2.45) is 11.8 Å². The third kappa shape index (κ3) is 4.95. The summed E-state index contributed by atoms with van der Waals surface area (Å²) in [5.74, 6) is 1.28. The first-order valence-electron chi connectivity index (χ1n) is 10.1. The van der Waals surface area contributed by atoms with Crippen LogP contribution in [0.5, 0.6) is 0 Å². The predicted molar refractivity (Wildman–Crippen MR) is 119 cm³/mol. The van der Waals surface area contributed by atoms with Crippen molar-refractivity contribution in [2.45, 2.75) is 13.0 Å². The summed E-state index contributed by atoms with van der Waals surface area (Å²) >= 11 is 6.13. The lowest BCUT2D eigenvalue weighted by Gasteiger charge is -2.30. The van der Waals surface area contributed by atoms with Gasteiger partial charge in [-0.3, -0.25) is 0 Å². The van der Waals surface area contributed by atoms with Gasteiger partial charge in [0.25, 0.3) is 0 Å². The molecule has 0 saturated carbocycles. The van der Waals surface area contributed by atoms with Crippen molar-refractivity contribution in [1.82, 2.24) is 5.32 Å². The molecule has 0 bridgehead atoms. The largest absolute Gasteiger partial charge is 0.367 e. The molecule has 2 nitrogen and oxygen atoms in total. The quantitative estimate of drug-likeness (QED) is 0.579. The lowest BCUT2D eigenvalue weighted by atomic mass is 9.89. The van der Waals surface area contributed by atoms with Crippen molar-refractivity contribution in [1.29, 1.82) is 0 Å². The summed E-state index contributed by atoms with van der Waals surface area (Å²) in [7, 11) is 0. The minimum Gasteiger partial charge on any atom is -0.367 e. The predicted octanol–water partition coefficient (Wildman–Crippen LogP) is 5.42. The first-order valence-corrected chi connectivity index (χ1v) is 10.4. The minimum atomic E-state index is 0.625. The number of anilines is 1.